The van der Waals surface area contributed by atoms with E-state index in [0.717, 1.165) is 12.1 Å². The molecule has 94 valence electrons. The van der Waals surface area contributed by atoms with E-state index in [1.165, 1.54) is 19.3 Å². The van der Waals surface area contributed by atoms with Crippen molar-refractivity contribution < 1.29 is 4.79 Å². The number of hydrogen-bond acceptors (Lipinski definition) is 1. The molecule has 0 aliphatic rings. The van der Waals surface area contributed by atoms with Gasteiger partial charge in [0.05, 0.1) is 0 Å². The molecule has 2 N–H and O–H groups in total. The first-order valence-electron chi connectivity index (χ1n) is 6.35. The van der Waals surface area contributed by atoms with Crippen molar-refractivity contribution in [2.24, 2.45) is 0 Å². The largest absolute Gasteiger partial charge is 0.335 e. The van der Waals surface area contributed by atoms with E-state index in [-0.39, 0.29) is 12.1 Å². The first-order chi connectivity index (χ1) is 8.22. The molecule has 1 aromatic rings. The zero-order valence-electron chi connectivity index (χ0n) is 10.7. The quantitative estimate of drug-likeness (QED) is 0.723. The summed E-state index contributed by atoms with van der Waals surface area (Å²) >= 11 is 0. The smallest absolute Gasteiger partial charge is 0.319 e. The van der Waals surface area contributed by atoms with Gasteiger partial charge in [0.1, 0.15) is 0 Å². The predicted octanol–water partition coefficient (Wildman–Crippen LogP) is 3.78. The van der Waals surface area contributed by atoms with Gasteiger partial charge in [-0.05, 0) is 25.5 Å². The maximum atomic E-state index is 11.6. The van der Waals surface area contributed by atoms with Crippen molar-refractivity contribution in [3.05, 3.63) is 30.3 Å². The third kappa shape index (κ3) is 5.95. The first kappa shape index (κ1) is 13.6. The van der Waals surface area contributed by atoms with Gasteiger partial charge >= 0.3 is 6.03 Å². The van der Waals surface area contributed by atoms with Gasteiger partial charge < -0.3 is 10.6 Å². The number of urea groups is 1. The van der Waals surface area contributed by atoms with Gasteiger partial charge in [-0.25, -0.2) is 4.79 Å². The Morgan fingerprint density at radius 2 is 1.94 bits per heavy atom. The van der Waals surface area contributed by atoms with E-state index < -0.39 is 0 Å². The summed E-state index contributed by atoms with van der Waals surface area (Å²) in [5.74, 6) is 0. The Hall–Kier alpha value is -1.51. The second-order valence-corrected chi connectivity index (χ2v) is 4.36. The van der Waals surface area contributed by atoms with Crippen molar-refractivity contribution in [1.29, 1.82) is 0 Å². The average Bonchev–Trinajstić information content (AvgIpc) is 2.30. The molecule has 1 rings (SSSR count). The van der Waals surface area contributed by atoms with Crippen LogP contribution in [0.25, 0.3) is 0 Å². The Balaban J connectivity index is 2.25. The van der Waals surface area contributed by atoms with E-state index in [4.69, 9.17) is 0 Å². The standard InChI is InChI=1S/C14H22N2O/c1-3-4-6-9-12(2)15-14(17)16-13-10-7-5-8-11-13/h5,7-8,10-12H,3-4,6,9H2,1-2H3,(H2,15,16,17)/t12-/m1/s1. The van der Waals surface area contributed by atoms with Crippen LogP contribution in [-0.2, 0) is 0 Å². The molecule has 1 atom stereocenters. The van der Waals surface area contributed by atoms with Crippen LogP contribution in [0.1, 0.15) is 39.5 Å². The van der Waals surface area contributed by atoms with Crippen LogP contribution in [0.15, 0.2) is 30.3 Å². The monoisotopic (exact) mass is 234 g/mol. The fourth-order valence-electron chi connectivity index (χ4n) is 1.69. The van der Waals surface area contributed by atoms with Crippen LogP contribution < -0.4 is 10.6 Å². The molecule has 0 saturated heterocycles. The summed E-state index contributed by atoms with van der Waals surface area (Å²) in [7, 11) is 0. The molecule has 0 spiro atoms. The molecule has 0 bridgehead atoms. The van der Waals surface area contributed by atoms with Crippen molar-refractivity contribution >= 4 is 11.7 Å². The van der Waals surface area contributed by atoms with Gasteiger partial charge in [0.25, 0.3) is 0 Å². The highest BCUT2D eigenvalue weighted by molar-refractivity contribution is 5.89. The van der Waals surface area contributed by atoms with Gasteiger partial charge in [-0.1, -0.05) is 44.4 Å². The van der Waals surface area contributed by atoms with E-state index in [1.54, 1.807) is 0 Å². The van der Waals surface area contributed by atoms with Gasteiger partial charge in [-0.3, -0.25) is 0 Å². The lowest BCUT2D eigenvalue weighted by atomic mass is 10.1. The number of unbranched alkanes of at least 4 members (excludes halogenated alkanes) is 2. The molecule has 0 heterocycles. The minimum absolute atomic E-state index is 0.125. The molecule has 0 aliphatic carbocycles. The fraction of sp³-hybridized carbons (Fsp3) is 0.500. The molecule has 3 nitrogen and oxygen atoms in total. The summed E-state index contributed by atoms with van der Waals surface area (Å²) in [5.41, 5.74) is 0.825. The zero-order valence-corrected chi connectivity index (χ0v) is 10.7. The Labute approximate surface area is 104 Å². The molecule has 17 heavy (non-hydrogen) atoms. The number of para-hydroxylation sites is 1. The lowest BCUT2D eigenvalue weighted by Crippen LogP contribution is -2.36. The van der Waals surface area contributed by atoms with Gasteiger partial charge in [-0.2, -0.15) is 0 Å². The van der Waals surface area contributed by atoms with E-state index in [9.17, 15) is 4.79 Å². The summed E-state index contributed by atoms with van der Waals surface area (Å²) < 4.78 is 0. The van der Waals surface area contributed by atoms with Crippen molar-refractivity contribution in [3.8, 4) is 0 Å². The van der Waals surface area contributed by atoms with Crippen LogP contribution >= 0.6 is 0 Å². The number of carbonyl (C=O) groups excluding carboxylic acids is 1. The average molecular weight is 234 g/mol. The molecule has 0 saturated carbocycles. The number of amides is 2. The Bertz CT molecular complexity index is 324. The predicted molar refractivity (Wildman–Crippen MR) is 72.2 cm³/mol. The topological polar surface area (TPSA) is 41.1 Å². The Morgan fingerprint density at radius 3 is 2.59 bits per heavy atom. The molecule has 0 aromatic heterocycles. The van der Waals surface area contributed by atoms with E-state index >= 15 is 0 Å². The molecule has 1 aromatic carbocycles. The van der Waals surface area contributed by atoms with Crippen molar-refractivity contribution in [2.75, 3.05) is 5.32 Å². The number of carbonyl (C=O) groups is 1. The normalized spacial score (nSPS) is 11.9. The van der Waals surface area contributed by atoms with Crippen molar-refractivity contribution in [2.45, 2.75) is 45.6 Å². The second kappa shape index (κ2) is 7.71. The fourth-order valence-corrected chi connectivity index (χ4v) is 1.69. The molecule has 0 aliphatic heterocycles. The van der Waals surface area contributed by atoms with Crippen molar-refractivity contribution in [1.82, 2.24) is 5.32 Å². The Kier molecular flexibility index (Phi) is 6.15. The number of nitrogens with one attached hydrogen (secondary N) is 2. The third-order valence-electron chi connectivity index (χ3n) is 2.65. The van der Waals surface area contributed by atoms with Gasteiger partial charge in [-0.15, -0.1) is 0 Å². The maximum Gasteiger partial charge on any atom is 0.319 e. The molecule has 0 unspecified atom stereocenters. The summed E-state index contributed by atoms with van der Waals surface area (Å²) in [6.07, 6.45) is 4.65. The molecule has 3 heteroatoms. The van der Waals surface area contributed by atoms with E-state index in [0.29, 0.717) is 0 Å². The van der Waals surface area contributed by atoms with Crippen LogP contribution in [-0.4, -0.2) is 12.1 Å². The lowest BCUT2D eigenvalue weighted by molar-refractivity contribution is 0.248. The van der Waals surface area contributed by atoms with Crippen LogP contribution in [0, 0.1) is 0 Å². The highest BCUT2D eigenvalue weighted by atomic mass is 16.2. The number of anilines is 1. The summed E-state index contributed by atoms with van der Waals surface area (Å²) in [6.45, 7) is 4.22. The highest BCUT2D eigenvalue weighted by Crippen LogP contribution is 2.06. The Morgan fingerprint density at radius 1 is 1.24 bits per heavy atom. The van der Waals surface area contributed by atoms with Gasteiger partial charge in [0.15, 0.2) is 0 Å². The number of rotatable bonds is 6. The SMILES string of the molecule is CCCCC[C@@H](C)NC(=O)Nc1ccccc1. The van der Waals surface area contributed by atoms with E-state index in [1.807, 2.05) is 37.3 Å². The lowest BCUT2D eigenvalue weighted by Gasteiger charge is -2.14. The summed E-state index contributed by atoms with van der Waals surface area (Å²) in [6, 6.07) is 9.59. The van der Waals surface area contributed by atoms with Crippen molar-refractivity contribution in [3.63, 3.8) is 0 Å². The highest BCUT2D eigenvalue weighted by Gasteiger charge is 2.06. The number of benzene rings is 1. The third-order valence-corrected chi connectivity index (χ3v) is 2.65. The van der Waals surface area contributed by atoms with Crippen LogP contribution in [0.2, 0.25) is 0 Å². The maximum absolute atomic E-state index is 11.6. The summed E-state index contributed by atoms with van der Waals surface area (Å²) in [4.78, 5) is 11.6. The number of hydrogen-bond donors (Lipinski definition) is 2. The minimum atomic E-state index is -0.125. The molecular formula is C14H22N2O. The molecule has 0 radical (unpaired) electrons. The van der Waals surface area contributed by atoms with Crippen LogP contribution in [0.5, 0.6) is 0 Å². The second-order valence-electron chi connectivity index (χ2n) is 4.36. The molecule has 2 amide bonds. The van der Waals surface area contributed by atoms with Crippen LogP contribution in [0.4, 0.5) is 10.5 Å². The van der Waals surface area contributed by atoms with Gasteiger partial charge in [0.2, 0.25) is 0 Å². The van der Waals surface area contributed by atoms with E-state index in [2.05, 4.69) is 17.6 Å². The van der Waals surface area contributed by atoms with Gasteiger partial charge in [0, 0.05) is 11.7 Å². The molecular weight excluding hydrogens is 212 g/mol. The summed E-state index contributed by atoms with van der Waals surface area (Å²) in [5, 5.41) is 5.75. The van der Waals surface area contributed by atoms with Crippen LogP contribution in [0.3, 0.4) is 0 Å². The molecule has 0 fully saturated rings. The zero-order chi connectivity index (χ0) is 12.5. The first-order valence-corrected chi connectivity index (χ1v) is 6.35. The minimum Gasteiger partial charge on any atom is -0.335 e.